The van der Waals surface area contributed by atoms with Gasteiger partial charge in [0.1, 0.15) is 11.8 Å². The van der Waals surface area contributed by atoms with Gasteiger partial charge in [0.2, 0.25) is 5.91 Å². The summed E-state index contributed by atoms with van der Waals surface area (Å²) in [5, 5.41) is 3.16. The fraction of sp³-hybridized carbons (Fsp3) is 0.300. The maximum Gasteiger partial charge on any atom is 0.261 e. The van der Waals surface area contributed by atoms with Crippen LogP contribution in [-0.2, 0) is 16.1 Å². The quantitative estimate of drug-likeness (QED) is 0.809. The van der Waals surface area contributed by atoms with Crippen LogP contribution in [0.2, 0.25) is 5.02 Å². The van der Waals surface area contributed by atoms with Crippen molar-refractivity contribution in [2.75, 3.05) is 13.7 Å². The van der Waals surface area contributed by atoms with Crippen LogP contribution in [-0.4, -0.2) is 36.4 Å². The van der Waals surface area contributed by atoms with Gasteiger partial charge in [-0.3, -0.25) is 9.59 Å². The Morgan fingerprint density at radius 2 is 1.92 bits per heavy atom. The molecule has 0 aromatic heterocycles. The van der Waals surface area contributed by atoms with Crippen LogP contribution in [0.5, 0.6) is 5.75 Å². The zero-order valence-electron chi connectivity index (χ0n) is 15.2. The fourth-order valence-corrected chi connectivity index (χ4v) is 2.77. The zero-order chi connectivity index (χ0) is 19.1. The van der Waals surface area contributed by atoms with Crippen molar-refractivity contribution >= 4 is 23.4 Å². The maximum atomic E-state index is 12.7. The molecule has 0 aliphatic rings. The fourth-order valence-electron chi connectivity index (χ4n) is 2.56. The minimum absolute atomic E-state index is 0.147. The SMILES string of the molecule is CNC(=O)C(C)N(Cc1cccc(Cl)c1)C(=O)COc1cccc(C)c1. The summed E-state index contributed by atoms with van der Waals surface area (Å²) >= 11 is 6.03. The van der Waals surface area contributed by atoms with Crippen LogP contribution >= 0.6 is 11.6 Å². The van der Waals surface area contributed by atoms with E-state index in [0.717, 1.165) is 11.1 Å². The van der Waals surface area contributed by atoms with E-state index in [4.69, 9.17) is 16.3 Å². The zero-order valence-corrected chi connectivity index (χ0v) is 15.9. The summed E-state index contributed by atoms with van der Waals surface area (Å²) in [6.07, 6.45) is 0. The van der Waals surface area contributed by atoms with E-state index in [0.29, 0.717) is 10.8 Å². The number of rotatable bonds is 7. The molecule has 2 rings (SSSR count). The van der Waals surface area contributed by atoms with Gasteiger partial charge in [0.15, 0.2) is 6.61 Å². The molecule has 0 bridgehead atoms. The van der Waals surface area contributed by atoms with Crippen molar-refractivity contribution in [2.24, 2.45) is 0 Å². The van der Waals surface area contributed by atoms with E-state index in [1.54, 1.807) is 32.2 Å². The van der Waals surface area contributed by atoms with Gasteiger partial charge in [0, 0.05) is 18.6 Å². The number of hydrogen-bond acceptors (Lipinski definition) is 3. The molecule has 0 spiro atoms. The van der Waals surface area contributed by atoms with E-state index in [2.05, 4.69) is 5.32 Å². The molecule has 1 N–H and O–H groups in total. The van der Waals surface area contributed by atoms with E-state index < -0.39 is 6.04 Å². The third kappa shape index (κ3) is 5.49. The first-order chi connectivity index (χ1) is 12.4. The molecule has 1 unspecified atom stereocenters. The summed E-state index contributed by atoms with van der Waals surface area (Å²) in [6, 6.07) is 14.1. The number of nitrogens with one attached hydrogen (secondary N) is 1. The number of nitrogens with zero attached hydrogens (tertiary/aromatic N) is 1. The van der Waals surface area contributed by atoms with E-state index in [1.165, 1.54) is 4.90 Å². The Kier molecular flexibility index (Phi) is 7.04. The van der Waals surface area contributed by atoms with Gasteiger partial charge in [0.05, 0.1) is 0 Å². The summed E-state index contributed by atoms with van der Waals surface area (Å²) in [5.74, 6) is 0.104. The summed E-state index contributed by atoms with van der Waals surface area (Å²) in [7, 11) is 1.55. The van der Waals surface area contributed by atoms with Crippen LogP contribution in [0, 0.1) is 6.92 Å². The first-order valence-corrected chi connectivity index (χ1v) is 8.73. The molecule has 0 saturated heterocycles. The van der Waals surface area contributed by atoms with Gasteiger partial charge in [-0.05, 0) is 49.2 Å². The average molecular weight is 375 g/mol. The molecular weight excluding hydrogens is 352 g/mol. The number of aryl methyl sites for hydroxylation is 1. The van der Waals surface area contributed by atoms with Crippen molar-refractivity contribution in [1.82, 2.24) is 10.2 Å². The van der Waals surface area contributed by atoms with E-state index >= 15 is 0 Å². The number of halogens is 1. The third-order valence-electron chi connectivity index (χ3n) is 4.01. The van der Waals surface area contributed by atoms with Crippen LogP contribution in [0.1, 0.15) is 18.1 Å². The summed E-state index contributed by atoms with van der Waals surface area (Å²) in [4.78, 5) is 26.3. The molecule has 6 heteroatoms. The van der Waals surface area contributed by atoms with Crippen LogP contribution in [0.15, 0.2) is 48.5 Å². The largest absolute Gasteiger partial charge is 0.484 e. The number of benzene rings is 2. The highest BCUT2D eigenvalue weighted by Crippen LogP contribution is 2.16. The van der Waals surface area contributed by atoms with Gasteiger partial charge >= 0.3 is 0 Å². The Morgan fingerprint density at radius 3 is 2.58 bits per heavy atom. The smallest absolute Gasteiger partial charge is 0.261 e. The monoisotopic (exact) mass is 374 g/mol. The molecule has 1 atom stereocenters. The van der Waals surface area contributed by atoms with Gasteiger partial charge in [-0.15, -0.1) is 0 Å². The molecular formula is C20H23ClN2O3. The van der Waals surface area contributed by atoms with E-state index in [-0.39, 0.29) is 25.0 Å². The van der Waals surface area contributed by atoms with Crippen molar-refractivity contribution in [2.45, 2.75) is 26.4 Å². The van der Waals surface area contributed by atoms with Gasteiger partial charge in [-0.25, -0.2) is 0 Å². The Bertz CT molecular complexity index is 779. The highest BCUT2D eigenvalue weighted by atomic mass is 35.5. The highest BCUT2D eigenvalue weighted by Gasteiger charge is 2.25. The normalized spacial score (nSPS) is 11.5. The predicted molar refractivity (Wildman–Crippen MR) is 102 cm³/mol. The molecule has 26 heavy (non-hydrogen) atoms. The summed E-state index contributed by atoms with van der Waals surface area (Å²) < 4.78 is 5.61. The van der Waals surface area contributed by atoms with Crippen molar-refractivity contribution in [3.63, 3.8) is 0 Å². The van der Waals surface area contributed by atoms with Gasteiger partial charge in [-0.2, -0.15) is 0 Å². The number of carbonyl (C=O) groups is 2. The minimum atomic E-state index is -0.632. The maximum absolute atomic E-state index is 12.7. The standard InChI is InChI=1S/C20H23ClN2O3/c1-14-6-4-9-18(10-14)26-13-19(24)23(15(2)20(25)22-3)12-16-7-5-8-17(21)11-16/h4-11,15H,12-13H2,1-3H3,(H,22,25). The van der Waals surface area contributed by atoms with Crippen molar-refractivity contribution < 1.29 is 14.3 Å². The molecule has 5 nitrogen and oxygen atoms in total. The Morgan fingerprint density at radius 1 is 1.19 bits per heavy atom. The molecule has 0 aliphatic heterocycles. The van der Waals surface area contributed by atoms with Gasteiger partial charge in [0.25, 0.3) is 5.91 Å². The number of likely N-dealkylation sites (N-methyl/N-ethyl adjacent to an activating group) is 1. The molecule has 138 valence electrons. The molecule has 2 aromatic rings. The summed E-state index contributed by atoms with van der Waals surface area (Å²) in [6.45, 7) is 3.76. The van der Waals surface area contributed by atoms with Crippen LogP contribution in [0.4, 0.5) is 0 Å². The molecule has 2 aromatic carbocycles. The molecule has 0 radical (unpaired) electrons. The first-order valence-electron chi connectivity index (χ1n) is 8.35. The Balaban J connectivity index is 2.13. The molecule has 0 aliphatic carbocycles. The molecule has 0 fully saturated rings. The number of hydrogen-bond donors (Lipinski definition) is 1. The van der Waals surface area contributed by atoms with Crippen LogP contribution in [0.3, 0.4) is 0 Å². The number of ether oxygens (including phenoxy) is 1. The van der Waals surface area contributed by atoms with Crippen LogP contribution < -0.4 is 10.1 Å². The lowest BCUT2D eigenvalue weighted by molar-refractivity contribution is -0.142. The van der Waals surface area contributed by atoms with Crippen molar-refractivity contribution in [1.29, 1.82) is 0 Å². The second-order valence-electron chi connectivity index (χ2n) is 6.05. The van der Waals surface area contributed by atoms with Crippen LogP contribution in [0.25, 0.3) is 0 Å². The number of carbonyl (C=O) groups excluding carboxylic acids is 2. The Hall–Kier alpha value is -2.53. The molecule has 2 amide bonds. The second-order valence-corrected chi connectivity index (χ2v) is 6.48. The average Bonchev–Trinajstić information content (AvgIpc) is 2.63. The van der Waals surface area contributed by atoms with E-state index in [1.807, 2.05) is 37.3 Å². The topological polar surface area (TPSA) is 58.6 Å². The minimum Gasteiger partial charge on any atom is -0.484 e. The Labute approximate surface area is 158 Å². The van der Waals surface area contributed by atoms with Gasteiger partial charge < -0.3 is 15.0 Å². The molecule has 0 heterocycles. The lowest BCUT2D eigenvalue weighted by Crippen LogP contribution is -2.48. The summed E-state index contributed by atoms with van der Waals surface area (Å²) in [5.41, 5.74) is 1.89. The lowest BCUT2D eigenvalue weighted by Gasteiger charge is -2.28. The molecule has 0 saturated carbocycles. The first kappa shape index (κ1) is 19.8. The second kappa shape index (κ2) is 9.25. The van der Waals surface area contributed by atoms with Crippen molar-refractivity contribution in [3.8, 4) is 5.75 Å². The number of amides is 2. The van der Waals surface area contributed by atoms with E-state index in [9.17, 15) is 9.59 Å². The highest BCUT2D eigenvalue weighted by molar-refractivity contribution is 6.30. The predicted octanol–water partition coefficient (Wildman–Crippen LogP) is 3.19. The lowest BCUT2D eigenvalue weighted by atomic mass is 10.1. The third-order valence-corrected chi connectivity index (χ3v) is 4.24. The van der Waals surface area contributed by atoms with Gasteiger partial charge in [-0.1, -0.05) is 35.9 Å². The van der Waals surface area contributed by atoms with Crippen molar-refractivity contribution in [3.05, 3.63) is 64.7 Å².